The van der Waals surface area contributed by atoms with Crippen LogP contribution in [0.5, 0.6) is 0 Å². The molecule has 0 saturated carbocycles. The summed E-state index contributed by atoms with van der Waals surface area (Å²) in [5, 5.41) is -6.26. The fourth-order valence-electron chi connectivity index (χ4n) is 1.67. The molecule has 2 unspecified atom stereocenters. The van der Waals surface area contributed by atoms with E-state index in [1.807, 2.05) is 0 Å². The van der Waals surface area contributed by atoms with Crippen LogP contribution in [0, 0.1) is 0 Å². The van der Waals surface area contributed by atoms with Crippen LogP contribution in [0.4, 0.5) is 43.4 Å². The van der Waals surface area contributed by atoms with Crippen LogP contribution in [0.3, 0.4) is 0 Å². The summed E-state index contributed by atoms with van der Waals surface area (Å²) in [5.74, 6) is -11.2. The first-order chi connectivity index (χ1) is 12.7. The van der Waals surface area contributed by atoms with E-state index in [4.69, 9.17) is 4.74 Å². The number of alkyl halides is 9. The lowest BCUT2D eigenvalue weighted by atomic mass is 10.3. The van der Waals surface area contributed by atoms with Crippen molar-refractivity contribution in [1.82, 2.24) is 0 Å². The van der Waals surface area contributed by atoms with E-state index in [9.17, 15) is 56.6 Å². The van der Waals surface area contributed by atoms with Gasteiger partial charge in [-0.1, -0.05) is 3.89 Å². The number of rotatable bonds is 8. The molecule has 0 aliphatic carbocycles. The number of halogens is 10. The monoisotopic (exact) mass is 476 g/mol. The highest BCUT2D eigenvalue weighted by Crippen LogP contribution is 2.41. The van der Waals surface area contributed by atoms with E-state index < -0.39 is 71.4 Å². The van der Waals surface area contributed by atoms with E-state index >= 15 is 0 Å². The van der Waals surface area contributed by atoms with Gasteiger partial charge in [0.25, 0.3) is 0 Å². The van der Waals surface area contributed by atoms with Gasteiger partial charge in [0.05, 0.1) is 13.2 Å². The topological polar surface area (TPSA) is 88.1 Å². The van der Waals surface area contributed by atoms with Crippen molar-refractivity contribution in [1.29, 1.82) is 0 Å². The standard InChI is InChI=1S/C11H10F10O7S/c1-7(4-25-6(22)8(12,13)9(14,15)16)26-2-5(28-7)3-27-10(17,18)11(19,20)29(21,23)24/h5H,2-4H2,1H3. The van der Waals surface area contributed by atoms with Crippen molar-refractivity contribution in [3.63, 3.8) is 0 Å². The van der Waals surface area contributed by atoms with Crippen LogP contribution in [0.2, 0.25) is 0 Å². The van der Waals surface area contributed by atoms with Crippen molar-refractivity contribution in [2.45, 2.75) is 42.3 Å². The predicted octanol–water partition coefficient (Wildman–Crippen LogP) is 2.36. The van der Waals surface area contributed by atoms with Gasteiger partial charge in [0.1, 0.15) is 12.7 Å². The number of carbonyl (C=O) groups excluding carboxylic acids is 1. The fraction of sp³-hybridized carbons (Fsp3) is 0.909. The van der Waals surface area contributed by atoms with E-state index in [2.05, 4.69) is 14.2 Å². The van der Waals surface area contributed by atoms with Gasteiger partial charge >= 0.3 is 39.7 Å². The van der Waals surface area contributed by atoms with Crippen LogP contribution in [-0.2, 0) is 34.0 Å². The van der Waals surface area contributed by atoms with Crippen LogP contribution in [-0.4, -0.2) is 69.6 Å². The molecule has 1 fully saturated rings. The highest BCUT2D eigenvalue weighted by atomic mass is 32.3. The van der Waals surface area contributed by atoms with Gasteiger partial charge in [0.2, 0.25) is 5.79 Å². The maximum absolute atomic E-state index is 13.1. The van der Waals surface area contributed by atoms with E-state index in [0.29, 0.717) is 0 Å². The molecular formula is C11H10F10O7S. The Hall–Kier alpha value is -1.40. The van der Waals surface area contributed by atoms with E-state index in [-0.39, 0.29) is 0 Å². The highest BCUT2D eigenvalue weighted by molar-refractivity contribution is 7.87. The minimum atomic E-state index is -7.07. The van der Waals surface area contributed by atoms with Gasteiger partial charge in [-0.3, -0.25) is 0 Å². The third kappa shape index (κ3) is 5.40. The molecule has 0 amide bonds. The van der Waals surface area contributed by atoms with Crippen molar-refractivity contribution < 1.29 is 75.6 Å². The quantitative estimate of drug-likeness (QED) is 0.302. The Morgan fingerprint density at radius 2 is 1.62 bits per heavy atom. The second kappa shape index (κ2) is 7.69. The molecule has 0 N–H and O–H groups in total. The molecule has 0 aromatic rings. The number of hydrogen-bond donors (Lipinski definition) is 0. The van der Waals surface area contributed by atoms with E-state index in [1.165, 1.54) is 0 Å². The zero-order valence-electron chi connectivity index (χ0n) is 13.7. The third-order valence-electron chi connectivity index (χ3n) is 3.16. The molecule has 0 aromatic carbocycles. The lowest BCUT2D eigenvalue weighted by molar-refractivity contribution is -0.325. The van der Waals surface area contributed by atoms with Crippen molar-refractivity contribution in [2.75, 3.05) is 19.8 Å². The Balaban J connectivity index is 2.66. The number of ether oxygens (including phenoxy) is 4. The summed E-state index contributed by atoms with van der Waals surface area (Å²) in [6, 6.07) is 0. The van der Waals surface area contributed by atoms with Crippen LogP contribution in [0.15, 0.2) is 0 Å². The fourth-order valence-corrected chi connectivity index (χ4v) is 2.02. The lowest BCUT2D eigenvalue weighted by Crippen LogP contribution is -2.48. The Morgan fingerprint density at radius 3 is 2.07 bits per heavy atom. The first kappa shape index (κ1) is 25.6. The highest BCUT2D eigenvalue weighted by Gasteiger charge is 2.69. The zero-order valence-corrected chi connectivity index (χ0v) is 14.6. The summed E-state index contributed by atoms with van der Waals surface area (Å²) in [6.45, 7) is -2.97. The molecule has 7 nitrogen and oxygen atoms in total. The minimum Gasteiger partial charge on any atom is -0.455 e. The van der Waals surface area contributed by atoms with Crippen LogP contribution < -0.4 is 0 Å². The zero-order chi connectivity index (χ0) is 23.1. The number of hydrogen-bond acceptors (Lipinski definition) is 7. The number of carbonyl (C=O) groups is 1. The molecule has 1 saturated heterocycles. The molecule has 1 heterocycles. The van der Waals surface area contributed by atoms with Crippen molar-refractivity contribution in [3.8, 4) is 0 Å². The Kier molecular flexibility index (Phi) is 6.80. The van der Waals surface area contributed by atoms with Crippen molar-refractivity contribution >= 4 is 16.2 Å². The Bertz CT molecular complexity index is 722. The molecule has 0 radical (unpaired) electrons. The summed E-state index contributed by atoms with van der Waals surface area (Å²) in [6.07, 6.45) is -13.9. The van der Waals surface area contributed by atoms with Gasteiger partial charge in [-0.15, -0.1) is 0 Å². The average molecular weight is 476 g/mol. The van der Waals surface area contributed by atoms with Crippen LogP contribution >= 0.6 is 0 Å². The molecule has 0 bridgehead atoms. The smallest absolute Gasteiger partial charge is 0.455 e. The molecule has 0 spiro atoms. The Labute approximate surface area is 155 Å². The first-order valence-electron chi connectivity index (χ1n) is 6.93. The van der Waals surface area contributed by atoms with Gasteiger partial charge in [-0.05, 0) is 6.92 Å². The molecule has 1 aliphatic rings. The predicted molar refractivity (Wildman–Crippen MR) is 67.1 cm³/mol. The molecule has 29 heavy (non-hydrogen) atoms. The second-order valence-corrected chi connectivity index (χ2v) is 7.00. The molecule has 18 heteroatoms. The molecule has 1 rings (SSSR count). The van der Waals surface area contributed by atoms with Gasteiger partial charge in [0.15, 0.2) is 0 Å². The van der Waals surface area contributed by atoms with Gasteiger partial charge < -0.3 is 18.9 Å². The van der Waals surface area contributed by atoms with Crippen molar-refractivity contribution in [3.05, 3.63) is 0 Å². The summed E-state index contributed by atoms with van der Waals surface area (Å²) in [5.41, 5.74) is 0. The van der Waals surface area contributed by atoms with Crippen molar-refractivity contribution in [2.24, 2.45) is 0 Å². The Morgan fingerprint density at radius 1 is 1.10 bits per heavy atom. The van der Waals surface area contributed by atoms with Gasteiger partial charge in [-0.25, -0.2) is 4.79 Å². The molecule has 172 valence electrons. The largest absolute Gasteiger partial charge is 0.465 e. The molecular weight excluding hydrogens is 466 g/mol. The summed E-state index contributed by atoms with van der Waals surface area (Å²) in [7, 11) is -7.07. The maximum atomic E-state index is 13.1. The summed E-state index contributed by atoms with van der Waals surface area (Å²) in [4.78, 5) is 10.9. The molecule has 0 aromatic heterocycles. The SMILES string of the molecule is CC1(COC(=O)C(F)(F)C(F)(F)F)OCC(COC(F)(F)C(F)(F)S(=O)(=O)F)O1. The van der Waals surface area contributed by atoms with Crippen LogP contribution in [0.1, 0.15) is 6.92 Å². The number of esters is 1. The second-order valence-electron chi connectivity index (χ2n) is 5.62. The first-order valence-corrected chi connectivity index (χ1v) is 8.32. The van der Waals surface area contributed by atoms with E-state index in [0.717, 1.165) is 6.92 Å². The van der Waals surface area contributed by atoms with Crippen LogP contribution in [0.25, 0.3) is 0 Å². The molecule has 2 atom stereocenters. The van der Waals surface area contributed by atoms with Gasteiger partial charge in [0, 0.05) is 0 Å². The summed E-state index contributed by atoms with van der Waals surface area (Å²) >= 11 is 0. The van der Waals surface area contributed by atoms with Gasteiger partial charge in [-0.2, -0.15) is 47.9 Å². The lowest BCUT2D eigenvalue weighted by Gasteiger charge is -2.26. The average Bonchev–Trinajstić information content (AvgIpc) is 2.90. The van der Waals surface area contributed by atoms with E-state index in [1.54, 1.807) is 0 Å². The maximum Gasteiger partial charge on any atom is 0.465 e. The third-order valence-corrected chi connectivity index (χ3v) is 4.01. The minimum absolute atomic E-state index is 0.796. The normalized spacial score (nSPS) is 24.6. The summed E-state index contributed by atoms with van der Waals surface area (Å²) < 4.78 is 162. The molecule has 1 aliphatic heterocycles.